The molecule has 1 fully saturated rings. The van der Waals surface area contributed by atoms with Crippen LogP contribution in [0.1, 0.15) is 18.4 Å². The van der Waals surface area contributed by atoms with Gasteiger partial charge in [-0.25, -0.2) is 8.78 Å². The fourth-order valence-electron chi connectivity index (χ4n) is 1.96. The fraction of sp³-hybridized carbons (Fsp3) is 0.250. The molecule has 2 aromatic carbocycles. The third kappa shape index (κ3) is 3.38. The number of nitrogens with one attached hydrogen (secondary N) is 1. The molecule has 0 aliphatic heterocycles. The van der Waals surface area contributed by atoms with Crippen LogP contribution in [-0.2, 0) is 6.54 Å². The predicted octanol–water partition coefficient (Wildman–Crippen LogP) is 4.37. The SMILES string of the molecule is Fc1ccc(Sc2ccccc2CNC2CC2)cc1F. The zero-order valence-electron chi connectivity index (χ0n) is 10.9. The minimum absolute atomic E-state index is 0.649. The van der Waals surface area contributed by atoms with Gasteiger partial charge in [0.1, 0.15) is 0 Å². The lowest BCUT2D eigenvalue weighted by atomic mass is 10.2. The second-order valence-electron chi connectivity index (χ2n) is 4.94. The Bertz CT molecular complexity index is 611. The maximum atomic E-state index is 13.2. The highest BCUT2D eigenvalue weighted by Crippen LogP contribution is 2.31. The molecule has 0 heterocycles. The summed E-state index contributed by atoms with van der Waals surface area (Å²) in [5.74, 6) is -1.61. The lowest BCUT2D eigenvalue weighted by Crippen LogP contribution is -2.15. The van der Waals surface area contributed by atoms with Crippen LogP contribution in [0.25, 0.3) is 0 Å². The van der Waals surface area contributed by atoms with Crippen molar-refractivity contribution in [3.63, 3.8) is 0 Å². The zero-order valence-corrected chi connectivity index (χ0v) is 11.7. The molecule has 1 nitrogen and oxygen atoms in total. The summed E-state index contributed by atoms with van der Waals surface area (Å²) in [5, 5.41) is 3.47. The van der Waals surface area contributed by atoms with Crippen molar-refractivity contribution in [3.8, 4) is 0 Å². The van der Waals surface area contributed by atoms with Gasteiger partial charge < -0.3 is 5.32 Å². The van der Waals surface area contributed by atoms with Crippen LogP contribution >= 0.6 is 11.8 Å². The molecule has 1 N–H and O–H groups in total. The van der Waals surface area contributed by atoms with E-state index in [2.05, 4.69) is 11.4 Å². The van der Waals surface area contributed by atoms with Gasteiger partial charge in [-0.3, -0.25) is 0 Å². The van der Waals surface area contributed by atoms with Crippen molar-refractivity contribution in [2.45, 2.75) is 35.2 Å². The fourth-order valence-corrected chi connectivity index (χ4v) is 2.93. The number of halogens is 2. The summed E-state index contributed by atoms with van der Waals surface area (Å²) in [6, 6.07) is 12.7. The molecule has 3 rings (SSSR count). The smallest absolute Gasteiger partial charge is 0.159 e. The van der Waals surface area contributed by atoms with Crippen molar-refractivity contribution in [2.24, 2.45) is 0 Å². The van der Waals surface area contributed by atoms with Crippen molar-refractivity contribution in [1.29, 1.82) is 0 Å². The van der Waals surface area contributed by atoms with Crippen molar-refractivity contribution in [3.05, 3.63) is 59.7 Å². The minimum Gasteiger partial charge on any atom is -0.310 e. The molecule has 0 aromatic heterocycles. The van der Waals surface area contributed by atoms with Gasteiger partial charge in [-0.2, -0.15) is 0 Å². The Labute approximate surface area is 121 Å². The second-order valence-corrected chi connectivity index (χ2v) is 6.06. The summed E-state index contributed by atoms with van der Waals surface area (Å²) >= 11 is 1.46. The third-order valence-corrected chi connectivity index (χ3v) is 4.36. The zero-order chi connectivity index (χ0) is 13.9. The van der Waals surface area contributed by atoms with E-state index in [4.69, 9.17) is 0 Å². The standard InChI is InChI=1S/C16H15F2NS/c17-14-8-7-13(9-15(14)18)20-16-4-2-1-3-11(16)10-19-12-5-6-12/h1-4,7-9,12,19H,5-6,10H2. The molecule has 4 heteroatoms. The molecule has 0 spiro atoms. The Kier molecular flexibility index (Phi) is 4.03. The number of benzene rings is 2. The number of rotatable bonds is 5. The van der Waals surface area contributed by atoms with Gasteiger partial charge in [0.2, 0.25) is 0 Å². The molecular formula is C16H15F2NS. The van der Waals surface area contributed by atoms with Crippen LogP contribution in [0.15, 0.2) is 52.3 Å². The van der Waals surface area contributed by atoms with E-state index in [1.807, 2.05) is 18.2 Å². The first-order valence-electron chi connectivity index (χ1n) is 6.66. The van der Waals surface area contributed by atoms with Crippen molar-refractivity contribution in [2.75, 3.05) is 0 Å². The van der Waals surface area contributed by atoms with E-state index in [1.54, 1.807) is 6.07 Å². The highest BCUT2D eigenvalue weighted by atomic mass is 32.2. The van der Waals surface area contributed by atoms with Gasteiger partial charge in [-0.1, -0.05) is 30.0 Å². The van der Waals surface area contributed by atoms with Crippen LogP contribution < -0.4 is 5.32 Å². The van der Waals surface area contributed by atoms with E-state index in [0.29, 0.717) is 10.9 Å². The van der Waals surface area contributed by atoms with Gasteiger partial charge in [0, 0.05) is 22.4 Å². The summed E-state index contributed by atoms with van der Waals surface area (Å²) in [5.41, 5.74) is 1.19. The minimum atomic E-state index is -0.807. The Morgan fingerprint density at radius 1 is 1.05 bits per heavy atom. The molecule has 0 radical (unpaired) electrons. The van der Waals surface area contributed by atoms with Gasteiger partial charge in [0.15, 0.2) is 11.6 Å². The van der Waals surface area contributed by atoms with E-state index < -0.39 is 11.6 Å². The molecule has 20 heavy (non-hydrogen) atoms. The average molecular weight is 291 g/mol. The van der Waals surface area contributed by atoms with Gasteiger partial charge in [-0.05, 0) is 42.7 Å². The van der Waals surface area contributed by atoms with Crippen LogP contribution in [0.5, 0.6) is 0 Å². The quantitative estimate of drug-likeness (QED) is 0.878. The summed E-state index contributed by atoms with van der Waals surface area (Å²) in [4.78, 5) is 1.79. The molecule has 0 unspecified atom stereocenters. The summed E-state index contributed by atoms with van der Waals surface area (Å²) in [7, 11) is 0. The summed E-state index contributed by atoms with van der Waals surface area (Å²) < 4.78 is 26.2. The monoisotopic (exact) mass is 291 g/mol. The highest BCUT2D eigenvalue weighted by Gasteiger charge is 2.20. The van der Waals surface area contributed by atoms with Crippen LogP contribution in [0, 0.1) is 11.6 Å². The highest BCUT2D eigenvalue weighted by molar-refractivity contribution is 7.99. The molecular weight excluding hydrogens is 276 g/mol. The van der Waals surface area contributed by atoms with Crippen molar-refractivity contribution >= 4 is 11.8 Å². The third-order valence-electron chi connectivity index (χ3n) is 3.25. The summed E-state index contributed by atoms with van der Waals surface area (Å²) in [6.07, 6.45) is 2.50. The van der Waals surface area contributed by atoms with Gasteiger partial charge >= 0.3 is 0 Å². The maximum Gasteiger partial charge on any atom is 0.159 e. The first-order valence-corrected chi connectivity index (χ1v) is 7.48. The molecule has 0 bridgehead atoms. The Balaban J connectivity index is 1.76. The number of hydrogen-bond donors (Lipinski definition) is 1. The molecule has 1 aliphatic rings. The molecule has 0 atom stereocenters. The molecule has 0 saturated heterocycles. The van der Waals surface area contributed by atoms with Gasteiger partial charge in [0.05, 0.1) is 0 Å². The molecule has 1 aliphatic carbocycles. The Hall–Kier alpha value is -1.39. The van der Waals surface area contributed by atoms with E-state index >= 15 is 0 Å². The van der Waals surface area contributed by atoms with Crippen LogP contribution in [-0.4, -0.2) is 6.04 Å². The summed E-state index contributed by atoms with van der Waals surface area (Å²) in [6.45, 7) is 0.817. The van der Waals surface area contributed by atoms with Gasteiger partial charge in [0.25, 0.3) is 0 Å². The molecule has 2 aromatic rings. The van der Waals surface area contributed by atoms with E-state index in [0.717, 1.165) is 11.4 Å². The normalized spacial score (nSPS) is 14.5. The number of hydrogen-bond acceptors (Lipinski definition) is 2. The first kappa shape index (κ1) is 13.6. The lowest BCUT2D eigenvalue weighted by molar-refractivity contribution is 0.506. The topological polar surface area (TPSA) is 12.0 Å². The van der Waals surface area contributed by atoms with E-state index in [9.17, 15) is 8.78 Å². The van der Waals surface area contributed by atoms with E-state index in [-0.39, 0.29) is 0 Å². The second kappa shape index (κ2) is 5.94. The van der Waals surface area contributed by atoms with Crippen LogP contribution in [0.4, 0.5) is 8.78 Å². The maximum absolute atomic E-state index is 13.2. The van der Waals surface area contributed by atoms with E-state index in [1.165, 1.54) is 42.3 Å². The largest absolute Gasteiger partial charge is 0.310 e. The van der Waals surface area contributed by atoms with Crippen molar-refractivity contribution < 1.29 is 8.78 Å². The average Bonchev–Trinajstić information content (AvgIpc) is 3.26. The lowest BCUT2D eigenvalue weighted by Gasteiger charge is -2.10. The van der Waals surface area contributed by atoms with Crippen LogP contribution in [0.3, 0.4) is 0 Å². The predicted molar refractivity (Wildman–Crippen MR) is 76.8 cm³/mol. The Morgan fingerprint density at radius 2 is 1.85 bits per heavy atom. The first-order chi connectivity index (χ1) is 9.72. The molecule has 1 saturated carbocycles. The molecule has 0 amide bonds. The van der Waals surface area contributed by atoms with Crippen molar-refractivity contribution in [1.82, 2.24) is 5.32 Å². The van der Waals surface area contributed by atoms with Gasteiger partial charge in [-0.15, -0.1) is 0 Å². The molecule has 104 valence electrons. The Morgan fingerprint density at radius 3 is 2.60 bits per heavy atom. The van der Waals surface area contributed by atoms with Crippen LogP contribution in [0.2, 0.25) is 0 Å².